The molecule has 0 saturated carbocycles. The van der Waals surface area contributed by atoms with Gasteiger partial charge in [0.1, 0.15) is 5.75 Å². The van der Waals surface area contributed by atoms with Crippen molar-refractivity contribution in [1.82, 2.24) is 16.0 Å². The maximum atomic E-state index is 11.9. The van der Waals surface area contributed by atoms with E-state index in [4.69, 9.17) is 16.3 Å². The Kier molecular flexibility index (Phi) is 9.62. The molecule has 0 radical (unpaired) electrons. The molecule has 1 aromatic rings. The van der Waals surface area contributed by atoms with Crippen molar-refractivity contribution in [2.45, 2.75) is 26.3 Å². The van der Waals surface area contributed by atoms with Gasteiger partial charge in [-0.15, -0.1) is 24.0 Å². The number of hydrogen-bond donors (Lipinski definition) is 3. The minimum absolute atomic E-state index is 0. The molecule has 1 amide bonds. The number of guanidine groups is 1. The van der Waals surface area contributed by atoms with Crippen molar-refractivity contribution >= 4 is 53.1 Å². The highest BCUT2D eigenvalue weighted by molar-refractivity contribution is 14.0. The number of halogens is 2. The molecule has 0 spiro atoms. The van der Waals surface area contributed by atoms with Crippen molar-refractivity contribution in [2.75, 3.05) is 45.7 Å². The van der Waals surface area contributed by atoms with Crippen LogP contribution in [0.3, 0.4) is 0 Å². The molecule has 7 nitrogen and oxygen atoms in total. The number of aliphatic imine (C=N–C) groups is 1. The van der Waals surface area contributed by atoms with Gasteiger partial charge in [0, 0.05) is 44.8 Å². The quantitative estimate of drug-likeness (QED) is 0.303. The maximum Gasteiger partial charge on any atom is 0.227 e. The molecule has 1 aliphatic heterocycles. The average Bonchev–Trinajstić information content (AvgIpc) is 3.12. The first-order chi connectivity index (χ1) is 12.8. The Morgan fingerprint density at radius 1 is 1.43 bits per heavy atom. The molecule has 1 fully saturated rings. The number of amides is 1. The van der Waals surface area contributed by atoms with Crippen LogP contribution in [0.1, 0.15) is 20.3 Å². The number of nitrogens with one attached hydrogen (secondary N) is 3. The summed E-state index contributed by atoms with van der Waals surface area (Å²) in [6.45, 7) is 6.00. The molecular weight excluding hydrogens is 493 g/mol. The second kappa shape index (κ2) is 10.9. The molecule has 3 N–H and O–H groups in total. The first-order valence-electron chi connectivity index (χ1n) is 9.08. The molecule has 2 rings (SSSR count). The molecule has 1 unspecified atom stereocenters. The van der Waals surface area contributed by atoms with Crippen LogP contribution in [0.15, 0.2) is 23.2 Å². The van der Waals surface area contributed by atoms with Crippen molar-refractivity contribution in [1.29, 1.82) is 0 Å². The Balaban J connectivity index is 0.00000392. The Bertz CT molecular complexity index is 699. The lowest BCUT2D eigenvalue weighted by Gasteiger charge is -2.25. The number of carbonyl (C=O) groups is 1. The van der Waals surface area contributed by atoms with Crippen LogP contribution < -0.4 is 25.6 Å². The van der Waals surface area contributed by atoms with E-state index in [0.29, 0.717) is 17.5 Å². The van der Waals surface area contributed by atoms with Crippen molar-refractivity contribution < 1.29 is 9.53 Å². The number of carbonyl (C=O) groups excluding carboxylic acids is 1. The van der Waals surface area contributed by atoms with Crippen molar-refractivity contribution in [3.8, 4) is 5.75 Å². The highest BCUT2D eigenvalue weighted by Gasteiger charge is 2.28. The van der Waals surface area contributed by atoms with E-state index < -0.39 is 5.41 Å². The molecule has 158 valence electrons. The summed E-state index contributed by atoms with van der Waals surface area (Å²) in [5.41, 5.74) is 0.473. The van der Waals surface area contributed by atoms with Gasteiger partial charge in [-0.3, -0.25) is 9.79 Å². The van der Waals surface area contributed by atoms with Gasteiger partial charge in [0.25, 0.3) is 0 Å². The average molecular weight is 524 g/mol. The summed E-state index contributed by atoms with van der Waals surface area (Å²) >= 11 is 6.16. The molecule has 1 saturated heterocycles. The van der Waals surface area contributed by atoms with Crippen LogP contribution in [0.5, 0.6) is 5.75 Å². The number of nitrogens with zero attached hydrogens (tertiary/aromatic N) is 2. The van der Waals surface area contributed by atoms with Crippen LogP contribution in [-0.4, -0.2) is 58.7 Å². The van der Waals surface area contributed by atoms with Crippen LogP contribution in [0.25, 0.3) is 0 Å². The second-order valence-electron chi connectivity index (χ2n) is 7.28. The third-order valence-corrected chi connectivity index (χ3v) is 5.01. The summed E-state index contributed by atoms with van der Waals surface area (Å²) in [5.74, 6) is 1.50. The highest BCUT2D eigenvalue weighted by Crippen LogP contribution is 2.33. The second-order valence-corrected chi connectivity index (χ2v) is 7.72. The Morgan fingerprint density at radius 2 is 2.14 bits per heavy atom. The van der Waals surface area contributed by atoms with Crippen LogP contribution in [0, 0.1) is 5.41 Å². The summed E-state index contributed by atoms with van der Waals surface area (Å²) < 4.78 is 5.46. The highest BCUT2D eigenvalue weighted by atomic mass is 127. The van der Waals surface area contributed by atoms with Crippen molar-refractivity contribution in [3.05, 3.63) is 23.2 Å². The van der Waals surface area contributed by atoms with Gasteiger partial charge in [-0.1, -0.05) is 11.6 Å². The zero-order chi connectivity index (χ0) is 20.0. The SMILES string of the molecule is CN=C(NCC(C)(C)C(=O)NC)NC1CCN(c2cc(Cl)ccc2OC)C1.I. The molecule has 0 bridgehead atoms. The Hall–Kier alpha value is -1.42. The van der Waals surface area contributed by atoms with Gasteiger partial charge < -0.3 is 25.6 Å². The molecular formula is C19H31ClIN5O2. The molecule has 1 heterocycles. The van der Waals surface area contributed by atoms with Gasteiger partial charge in [-0.05, 0) is 38.5 Å². The number of methoxy groups -OCH3 is 1. The standard InChI is InChI=1S/C19H30ClN5O2.HI/c1-19(2,17(26)21-3)12-23-18(22-4)24-14-8-9-25(11-14)15-10-13(20)6-7-16(15)27-5;/h6-7,10,14H,8-9,11-12H2,1-5H3,(H,21,26)(H2,22,23,24);1H. The Morgan fingerprint density at radius 3 is 2.75 bits per heavy atom. The summed E-state index contributed by atoms with van der Waals surface area (Å²) in [6, 6.07) is 5.89. The fraction of sp³-hybridized carbons (Fsp3) is 0.579. The summed E-state index contributed by atoms with van der Waals surface area (Å²) in [5, 5.41) is 10.1. The topological polar surface area (TPSA) is 78.0 Å². The zero-order valence-corrected chi connectivity index (χ0v) is 20.2. The molecule has 9 heteroatoms. The lowest BCUT2D eigenvalue weighted by atomic mass is 9.92. The van der Waals surface area contributed by atoms with Gasteiger partial charge in [0.15, 0.2) is 5.96 Å². The van der Waals surface area contributed by atoms with E-state index >= 15 is 0 Å². The van der Waals surface area contributed by atoms with Crippen molar-refractivity contribution in [3.63, 3.8) is 0 Å². The lowest BCUT2D eigenvalue weighted by molar-refractivity contribution is -0.128. The monoisotopic (exact) mass is 523 g/mol. The maximum absolute atomic E-state index is 11.9. The van der Waals surface area contributed by atoms with E-state index in [1.165, 1.54) is 0 Å². The zero-order valence-electron chi connectivity index (χ0n) is 17.1. The number of anilines is 1. The smallest absolute Gasteiger partial charge is 0.227 e. The van der Waals surface area contributed by atoms with Gasteiger partial charge in [-0.2, -0.15) is 0 Å². The fourth-order valence-corrected chi connectivity index (χ4v) is 3.28. The van der Waals surface area contributed by atoms with Gasteiger partial charge >= 0.3 is 0 Å². The van der Waals surface area contributed by atoms with E-state index in [0.717, 1.165) is 30.9 Å². The van der Waals surface area contributed by atoms with E-state index in [2.05, 4.69) is 25.8 Å². The molecule has 28 heavy (non-hydrogen) atoms. The largest absolute Gasteiger partial charge is 0.495 e. The van der Waals surface area contributed by atoms with E-state index in [-0.39, 0.29) is 35.9 Å². The molecule has 1 aliphatic rings. The predicted octanol–water partition coefficient (Wildman–Crippen LogP) is 2.48. The van der Waals surface area contributed by atoms with Crippen LogP contribution in [0.2, 0.25) is 5.02 Å². The van der Waals surface area contributed by atoms with E-state index in [9.17, 15) is 4.79 Å². The molecule has 0 aromatic heterocycles. The van der Waals surface area contributed by atoms with Crippen molar-refractivity contribution in [2.24, 2.45) is 10.4 Å². The van der Waals surface area contributed by atoms with Gasteiger partial charge in [0.2, 0.25) is 5.91 Å². The Labute approximate surface area is 189 Å². The molecule has 0 aliphatic carbocycles. The normalized spacial score (nSPS) is 17.0. The third kappa shape index (κ3) is 6.30. The van der Waals surface area contributed by atoms with Gasteiger partial charge in [-0.25, -0.2) is 0 Å². The predicted molar refractivity (Wildman–Crippen MR) is 126 cm³/mol. The van der Waals surface area contributed by atoms with E-state index in [1.54, 1.807) is 21.2 Å². The lowest BCUT2D eigenvalue weighted by Crippen LogP contribution is -2.50. The molecule has 1 atom stereocenters. The first-order valence-corrected chi connectivity index (χ1v) is 9.46. The number of benzene rings is 1. The van der Waals surface area contributed by atoms with Crippen LogP contribution >= 0.6 is 35.6 Å². The number of hydrogen-bond acceptors (Lipinski definition) is 4. The minimum atomic E-state index is -0.526. The minimum Gasteiger partial charge on any atom is -0.495 e. The summed E-state index contributed by atoms with van der Waals surface area (Å²) in [6.07, 6.45) is 0.967. The van der Waals surface area contributed by atoms with Crippen LogP contribution in [-0.2, 0) is 4.79 Å². The number of rotatable bonds is 6. The van der Waals surface area contributed by atoms with Crippen LogP contribution in [0.4, 0.5) is 5.69 Å². The number of ether oxygens (including phenoxy) is 1. The third-order valence-electron chi connectivity index (χ3n) is 4.77. The summed E-state index contributed by atoms with van der Waals surface area (Å²) in [4.78, 5) is 18.5. The molecule has 1 aromatic carbocycles. The fourth-order valence-electron chi connectivity index (χ4n) is 3.12. The first kappa shape index (κ1) is 24.6. The van der Waals surface area contributed by atoms with E-state index in [1.807, 2.05) is 32.0 Å². The summed E-state index contributed by atoms with van der Waals surface area (Å²) in [7, 11) is 5.04. The van der Waals surface area contributed by atoms with Gasteiger partial charge in [0.05, 0.1) is 18.2 Å².